The molecule has 0 fully saturated rings. The molecule has 2 aromatic heterocycles. The fourth-order valence-electron chi connectivity index (χ4n) is 2.28. The number of furan rings is 1. The van der Waals surface area contributed by atoms with Crippen LogP contribution in [0.1, 0.15) is 21.6 Å². The molecular weight excluding hydrogens is 242 g/mol. The highest BCUT2D eigenvalue weighted by molar-refractivity contribution is 5.92. The summed E-state index contributed by atoms with van der Waals surface area (Å²) in [5, 5.41) is 9.27. The molecule has 0 aliphatic carbocycles. The van der Waals surface area contributed by atoms with Crippen molar-refractivity contribution in [2.24, 2.45) is 0 Å². The summed E-state index contributed by atoms with van der Waals surface area (Å²) < 4.78 is 7.04. The summed E-state index contributed by atoms with van der Waals surface area (Å²) >= 11 is 0. The number of nitrogens with zero attached hydrogens (tertiary/aromatic N) is 1. The molecule has 0 aliphatic heterocycles. The largest absolute Gasteiger partial charge is 0.477 e. The van der Waals surface area contributed by atoms with Crippen LogP contribution in [0.3, 0.4) is 0 Å². The Balaban J connectivity index is 2.13. The predicted octanol–water partition coefficient (Wildman–Crippen LogP) is 3.29. The van der Waals surface area contributed by atoms with E-state index in [1.165, 1.54) is 0 Å². The first-order chi connectivity index (χ1) is 9.16. The van der Waals surface area contributed by atoms with Crippen molar-refractivity contribution in [3.63, 3.8) is 0 Å². The fraction of sp³-hybridized carbons (Fsp3) is 0.133. The number of fused-ring (bicyclic) bond motifs is 1. The monoisotopic (exact) mass is 255 g/mol. The third-order valence-electron chi connectivity index (χ3n) is 3.33. The molecule has 0 saturated heterocycles. The molecule has 96 valence electrons. The number of carboxylic acid groups (broad SMARTS) is 1. The molecule has 3 rings (SSSR count). The highest BCUT2D eigenvalue weighted by Gasteiger charge is 2.17. The van der Waals surface area contributed by atoms with Crippen molar-refractivity contribution in [3.8, 4) is 0 Å². The van der Waals surface area contributed by atoms with Gasteiger partial charge in [-0.25, -0.2) is 4.79 Å². The average molecular weight is 255 g/mol. The van der Waals surface area contributed by atoms with E-state index in [4.69, 9.17) is 4.42 Å². The summed E-state index contributed by atoms with van der Waals surface area (Å²) in [4.78, 5) is 11.3. The van der Waals surface area contributed by atoms with Crippen molar-refractivity contribution in [1.82, 2.24) is 4.57 Å². The Labute approximate surface area is 109 Å². The maximum absolute atomic E-state index is 11.3. The number of hydrogen-bond donors (Lipinski definition) is 1. The second-order valence-electron chi connectivity index (χ2n) is 4.52. The maximum atomic E-state index is 11.3. The number of aryl methyl sites for hydroxylation is 1. The maximum Gasteiger partial charge on any atom is 0.352 e. The quantitative estimate of drug-likeness (QED) is 0.781. The molecule has 0 spiro atoms. The lowest BCUT2D eigenvalue weighted by Gasteiger charge is -2.09. The van der Waals surface area contributed by atoms with Crippen LogP contribution in [0, 0.1) is 6.92 Å². The van der Waals surface area contributed by atoms with Crippen LogP contribution in [0.5, 0.6) is 0 Å². The Hall–Kier alpha value is -2.49. The number of aromatic carboxylic acids is 1. The number of hydrogen-bond acceptors (Lipinski definition) is 2. The van der Waals surface area contributed by atoms with Gasteiger partial charge >= 0.3 is 5.97 Å². The SMILES string of the molecule is Cc1ccccc1Cn1c(C(=O)O)cc2occc21. The van der Waals surface area contributed by atoms with Gasteiger partial charge < -0.3 is 14.1 Å². The fourth-order valence-corrected chi connectivity index (χ4v) is 2.28. The van der Waals surface area contributed by atoms with Crippen molar-refractivity contribution >= 4 is 17.1 Å². The molecule has 2 heterocycles. The van der Waals surface area contributed by atoms with E-state index in [-0.39, 0.29) is 5.69 Å². The zero-order valence-electron chi connectivity index (χ0n) is 10.5. The number of carboxylic acids is 1. The minimum Gasteiger partial charge on any atom is -0.477 e. The summed E-state index contributed by atoms with van der Waals surface area (Å²) in [7, 11) is 0. The van der Waals surface area contributed by atoms with Crippen molar-refractivity contribution in [3.05, 3.63) is 59.5 Å². The van der Waals surface area contributed by atoms with Crippen molar-refractivity contribution in [1.29, 1.82) is 0 Å². The molecule has 0 saturated carbocycles. The Bertz CT molecular complexity index is 752. The zero-order valence-corrected chi connectivity index (χ0v) is 10.5. The molecule has 0 aliphatic rings. The first kappa shape index (κ1) is 11.6. The topological polar surface area (TPSA) is 55.4 Å². The van der Waals surface area contributed by atoms with Gasteiger partial charge in [0, 0.05) is 18.7 Å². The van der Waals surface area contributed by atoms with Crippen LogP contribution < -0.4 is 0 Å². The lowest BCUT2D eigenvalue weighted by atomic mass is 10.1. The lowest BCUT2D eigenvalue weighted by Crippen LogP contribution is -2.09. The summed E-state index contributed by atoms with van der Waals surface area (Å²) in [6.45, 7) is 2.54. The zero-order chi connectivity index (χ0) is 13.4. The molecular formula is C15H13NO3. The molecule has 0 radical (unpaired) electrons. The van der Waals surface area contributed by atoms with Gasteiger partial charge in [0.15, 0.2) is 5.58 Å². The highest BCUT2D eigenvalue weighted by atomic mass is 16.4. The highest BCUT2D eigenvalue weighted by Crippen LogP contribution is 2.23. The second kappa shape index (κ2) is 4.31. The molecule has 19 heavy (non-hydrogen) atoms. The Kier molecular flexibility index (Phi) is 2.63. The third kappa shape index (κ3) is 1.91. The summed E-state index contributed by atoms with van der Waals surface area (Å²) in [6.07, 6.45) is 1.57. The van der Waals surface area contributed by atoms with Gasteiger partial charge in [0.25, 0.3) is 0 Å². The Morgan fingerprint density at radius 2 is 2.11 bits per heavy atom. The number of rotatable bonds is 3. The van der Waals surface area contributed by atoms with Crippen LogP contribution in [0.25, 0.3) is 11.1 Å². The number of benzene rings is 1. The molecule has 4 heteroatoms. The minimum absolute atomic E-state index is 0.248. The molecule has 0 unspecified atom stereocenters. The average Bonchev–Trinajstić information content (AvgIpc) is 2.94. The minimum atomic E-state index is -0.944. The van der Waals surface area contributed by atoms with Gasteiger partial charge in [-0.05, 0) is 18.1 Å². The smallest absolute Gasteiger partial charge is 0.352 e. The van der Waals surface area contributed by atoms with E-state index >= 15 is 0 Å². The van der Waals surface area contributed by atoms with Gasteiger partial charge in [-0.3, -0.25) is 0 Å². The molecule has 1 aromatic carbocycles. The van der Waals surface area contributed by atoms with E-state index in [1.54, 1.807) is 23.0 Å². The van der Waals surface area contributed by atoms with Crippen LogP contribution in [-0.2, 0) is 6.54 Å². The summed E-state index contributed by atoms with van der Waals surface area (Å²) in [6, 6.07) is 11.3. The molecule has 0 atom stereocenters. The lowest BCUT2D eigenvalue weighted by molar-refractivity contribution is 0.0686. The molecule has 1 N–H and O–H groups in total. The van der Waals surface area contributed by atoms with E-state index < -0.39 is 5.97 Å². The number of carbonyl (C=O) groups is 1. The van der Waals surface area contributed by atoms with Gasteiger partial charge in [-0.1, -0.05) is 24.3 Å². The van der Waals surface area contributed by atoms with Crippen LogP contribution in [-0.4, -0.2) is 15.6 Å². The second-order valence-corrected chi connectivity index (χ2v) is 4.52. The first-order valence-corrected chi connectivity index (χ1v) is 6.01. The van der Waals surface area contributed by atoms with Crippen LogP contribution >= 0.6 is 0 Å². The Morgan fingerprint density at radius 1 is 1.32 bits per heavy atom. The van der Waals surface area contributed by atoms with Gasteiger partial charge in [0.1, 0.15) is 5.69 Å². The van der Waals surface area contributed by atoms with Gasteiger partial charge in [-0.2, -0.15) is 0 Å². The first-order valence-electron chi connectivity index (χ1n) is 6.01. The van der Waals surface area contributed by atoms with Crippen LogP contribution in [0.2, 0.25) is 0 Å². The van der Waals surface area contributed by atoms with Crippen molar-refractivity contribution < 1.29 is 14.3 Å². The van der Waals surface area contributed by atoms with E-state index in [0.29, 0.717) is 12.1 Å². The van der Waals surface area contributed by atoms with Crippen LogP contribution in [0.15, 0.2) is 47.1 Å². The van der Waals surface area contributed by atoms with Gasteiger partial charge in [0.2, 0.25) is 0 Å². The van der Waals surface area contributed by atoms with E-state index in [0.717, 1.165) is 16.6 Å². The van der Waals surface area contributed by atoms with Gasteiger partial charge in [-0.15, -0.1) is 0 Å². The molecule has 3 aromatic rings. The molecule has 0 bridgehead atoms. The van der Waals surface area contributed by atoms with Crippen LogP contribution in [0.4, 0.5) is 0 Å². The van der Waals surface area contributed by atoms with E-state index in [9.17, 15) is 9.90 Å². The Morgan fingerprint density at radius 3 is 2.84 bits per heavy atom. The van der Waals surface area contributed by atoms with Crippen molar-refractivity contribution in [2.75, 3.05) is 0 Å². The number of aromatic nitrogens is 1. The normalized spacial score (nSPS) is 11.0. The predicted molar refractivity (Wildman–Crippen MR) is 71.4 cm³/mol. The van der Waals surface area contributed by atoms with Gasteiger partial charge in [0.05, 0.1) is 11.8 Å². The standard InChI is InChI=1S/C15H13NO3/c1-10-4-2-3-5-11(10)9-16-12-6-7-19-14(12)8-13(16)15(17)18/h2-8H,9H2,1H3,(H,17,18). The van der Waals surface area contributed by atoms with E-state index in [1.807, 2.05) is 31.2 Å². The van der Waals surface area contributed by atoms with Crippen molar-refractivity contribution in [2.45, 2.75) is 13.5 Å². The summed E-state index contributed by atoms with van der Waals surface area (Å²) in [5.74, 6) is -0.944. The van der Waals surface area contributed by atoms with E-state index in [2.05, 4.69) is 0 Å². The third-order valence-corrected chi connectivity index (χ3v) is 3.33. The summed E-state index contributed by atoms with van der Waals surface area (Å²) in [5.41, 5.74) is 3.90. The molecule has 0 amide bonds. The molecule has 4 nitrogen and oxygen atoms in total.